The minimum Gasteiger partial charge on any atom is -0.342 e. The number of hydrogen-bond acceptors (Lipinski definition) is 3. The van der Waals surface area contributed by atoms with Gasteiger partial charge in [-0.15, -0.1) is 0 Å². The maximum atomic E-state index is 12.3. The Kier molecular flexibility index (Phi) is 3.51. The van der Waals surface area contributed by atoms with Gasteiger partial charge in [-0.1, -0.05) is 12.5 Å². The molecule has 1 aliphatic heterocycles. The third kappa shape index (κ3) is 2.63. The summed E-state index contributed by atoms with van der Waals surface area (Å²) < 4.78 is 0. The highest BCUT2D eigenvalue weighted by Gasteiger charge is 2.40. The number of rotatable bonds is 2. The summed E-state index contributed by atoms with van der Waals surface area (Å²) in [5.41, 5.74) is 7.04. The van der Waals surface area contributed by atoms with Crippen molar-refractivity contribution in [2.45, 2.75) is 31.7 Å². The molecule has 1 aliphatic carbocycles. The quantitative estimate of drug-likeness (QED) is 0.868. The van der Waals surface area contributed by atoms with Crippen molar-refractivity contribution in [3.63, 3.8) is 0 Å². The molecule has 0 radical (unpaired) electrons. The number of nitrogens with zero attached hydrogens (tertiary/aromatic N) is 2. The molecule has 1 saturated carbocycles. The van der Waals surface area contributed by atoms with Crippen molar-refractivity contribution in [1.82, 2.24) is 9.88 Å². The Morgan fingerprint density at radius 1 is 1.37 bits per heavy atom. The first kappa shape index (κ1) is 12.6. The second-order valence-electron chi connectivity index (χ2n) is 5.82. The Labute approximate surface area is 114 Å². The summed E-state index contributed by atoms with van der Waals surface area (Å²) in [6.07, 6.45) is 5.71. The van der Waals surface area contributed by atoms with E-state index in [1.807, 2.05) is 23.1 Å². The lowest BCUT2D eigenvalue weighted by Crippen LogP contribution is -2.38. The van der Waals surface area contributed by atoms with E-state index < -0.39 is 0 Å². The first-order valence-electron chi connectivity index (χ1n) is 7.17. The minimum atomic E-state index is 0.195. The molecule has 3 atom stereocenters. The largest absolute Gasteiger partial charge is 0.342 e. The van der Waals surface area contributed by atoms with Crippen LogP contribution in [0.2, 0.25) is 0 Å². The lowest BCUT2D eigenvalue weighted by atomic mass is 9.78. The second kappa shape index (κ2) is 5.29. The third-order valence-corrected chi connectivity index (χ3v) is 4.57. The highest BCUT2D eigenvalue weighted by molar-refractivity contribution is 5.78. The first-order chi connectivity index (χ1) is 9.24. The molecular weight excluding hydrogens is 238 g/mol. The van der Waals surface area contributed by atoms with Gasteiger partial charge in [0, 0.05) is 31.0 Å². The van der Waals surface area contributed by atoms with Gasteiger partial charge in [0.1, 0.15) is 0 Å². The number of likely N-dealkylation sites (tertiary alicyclic amines) is 1. The van der Waals surface area contributed by atoms with E-state index in [1.54, 1.807) is 6.20 Å². The normalized spacial score (nSPS) is 30.2. The Morgan fingerprint density at radius 3 is 3.00 bits per heavy atom. The van der Waals surface area contributed by atoms with Crippen LogP contribution in [-0.2, 0) is 11.2 Å². The molecule has 1 aromatic heterocycles. The molecule has 0 spiro atoms. The predicted octanol–water partition coefficient (Wildman–Crippen LogP) is 1.21. The Hall–Kier alpha value is -1.42. The van der Waals surface area contributed by atoms with Gasteiger partial charge >= 0.3 is 0 Å². The van der Waals surface area contributed by atoms with Crippen LogP contribution in [0.4, 0.5) is 0 Å². The third-order valence-electron chi connectivity index (χ3n) is 4.57. The van der Waals surface area contributed by atoms with E-state index in [9.17, 15) is 4.79 Å². The van der Waals surface area contributed by atoms with E-state index in [0.717, 1.165) is 25.2 Å². The van der Waals surface area contributed by atoms with Crippen molar-refractivity contribution in [3.05, 3.63) is 30.1 Å². The summed E-state index contributed by atoms with van der Waals surface area (Å²) in [5, 5.41) is 0. The van der Waals surface area contributed by atoms with E-state index in [2.05, 4.69) is 4.98 Å². The summed E-state index contributed by atoms with van der Waals surface area (Å²) in [6.45, 7) is 1.74. The molecule has 3 rings (SSSR count). The standard InChI is InChI=1S/C15H21N3O/c16-14-6-3-4-11-9-18(10-13(11)14)15(19)8-12-5-1-2-7-17-12/h1-2,5,7,11,13-14H,3-4,6,8-10,16H2. The average molecular weight is 259 g/mol. The van der Waals surface area contributed by atoms with Crippen molar-refractivity contribution < 1.29 is 4.79 Å². The van der Waals surface area contributed by atoms with Gasteiger partial charge in [-0.05, 0) is 36.8 Å². The van der Waals surface area contributed by atoms with Crippen LogP contribution in [0.5, 0.6) is 0 Å². The van der Waals surface area contributed by atoms with Gasteiger partial charge in [0.05, 0.1) is 6.42 Å². The van der Waals surface area contributed by atoms with Gasteiger partial charge in [0.15, 0.2) is 0 Å². The summed E-state index contributed by atoms with van der Waals surface area (Å²) in [5.74, 6) is 1.33. The molecule has 1 saturated heterocycles. The zero-order valence-corrected chi connectivity index (χ0v) is 11.2. The highest BCUT2D eigenvalue weighted by atomic mass is 16.2. The first-order valence-corrected chi connectivity index (χ1v) is 7.17. The zero-order chi connectivity index (χ0) is 13.2. The molecule has 2 aliphatic rings. The number of pyridine rings is 1. The molecule has 3 unspecified atom stereocenters. The fourth-order valence-corrected chi connectivity index (χ4v) is 3.49. The summed E-state index contributed by atoms with van der Waals surface area (Å²) in [4.78, 5) is 18.5. The number of aromatic nitrogens is 1. The zero-order valence-electron chi connectivity index (χ0n) is 11.2. The molecule has 102 valence electrons. The van der Waals surface area contributed by atoms with Crippen LogP contribution in [0.25, 0.3) is 0 Å². The number of carbonyl (C=O) groups excluding carboxylic acids is 1. The van der Waals surface area contributed by atoms with Crippen molar-refractivity contribution in [2.75, 3.05) is 13.1 Å². The van der Waals surface area contributed by atoms with Crippen molar-refractivity contribution in [3.8, 4) is 0 Å². The number of hydrogen-bond donors (Lipinski definition) is 1. The fourth-order valence-electron chi connectivity index (χ4n) is 3.49. The van der Waals surface area contributed by atoms with Gasteiger partial charge in [0.25, 0.3) is 0 Å². The van der Waals surface area contributed by atoms with Crippen molar-refractivity contribution in [1.29, 1.82) is 0 Å². The maximum absolute atomic E-state index is 12.3. The molecular formula is C15H21N3O. The highest BCUT2D eigenvalue weighted by Crippen LogP contribution is 2.35. The van der Waals surface area contributed by atoms with E-state index in [-0.39, 0.29) is 11.9 Å². The summed E-state index contributed by atoms with van der Waals surface area (Å²) in [7, 11) is 0. The van der Waals surface area contributed by atoms with Crippen LogP contribution >= 0.6 is 0 Å². The van der Waals surface area contributed by atoms with Crippen LogP contribution in [0.1, 0.15) is 25.0 Å². The molecule has 1 aromatic rings. The van der Waals surface area contributed by atoms with E-state index in [0.29, 0.717) is 18.3 Å². The van der Waals surface area contributed by atoms with Crippen LogP contribution in [0.15, 0.2) is 24.4 Å². The molecule has 19 heavy (non-hydrogen) atoms. The van der Waals surface area contributed by atoms with Gasteiger partial charge in [0.2, 0.25) is 5.91 Å². The molecule has 0 aromatic carbocycles. The molecule has 2 N–H and O–H groups in total. The fraction of sp³-hybridized carbons (Fsp3) is 0.600. The average Bonchev–Trinajstić information content (AvgIpc) is 2.85. The molecule has 4 nitrogen and oxygen atoms in total. The molecule has 2 fully saturated rings. The number of nitrogens with two attached hydrogens (primary N) is 1. The van der Waals surface area contributed by atoms with Crippen molar-refractivity contribution >= 4 is 5.91 Å². The van der Waals surface area contributed by atoms with Crippen molar-refractivity contribution in [2.24, 2.45) is 17.6 Å². The molecule has 1 amide bonds. The predicted molar refractivity (Wildman–Crippen MR) is 73.3 cm³/mol. The Balaban J connectivity index is 1.63. The second-order valence-corrected chi connectivity index (χ2v) is 5.82. The molecule has 0 bridgehead atoms. The van der Waals surface area contributed by atoms with Gasteiger partial charge in [-0.2, -0.15) is 0 Å². The maximum Gasteiger partial charge on any atom is 0.228 e. The van der Waals surface area contributed by atoms with Crippen LogP contribution in [0, 0.1) is 11.8 Å². The number of carbonyl (C=O) groups is 1. The van der Waals surface area contributed by atoms with Crippen LogP contribution < -0.4 is 5.73 Å². The molecule has 2 heterocycles. The van der Waals surface area contributed by atoms with Crippen LogP contribution in [0.3, 0.4) is 0 Å². The number of fused-ring (bicyclic) bond motifs is 1. The van der Waals surface area contributed by atoms with E-state index >= 15 is 0 Å². The Bertz CT molecular complexity index is 448. The lowest BCUT2D eigenvalue weighted by Gasteiger charge is -2.29. The van der Waals surface area contributed by atoms with Gasteiger partial charge < -0.3 is 10.6 Å². The minimum absolute atomic E-state index is 0.195. The topological polar surface area (TPSA) is 59.2 Å². The summed E-state index contributed by atoms with van der Waals surface area (Å²) >= 11 is 0. The SMILES string of the molecule is NC1CCCC2CN(C(=O)Cc3ccccn3)CC12. The van der Waals surface area contributed by atoms with E-state index in [4.69, 9.17) is 5.73 Å². The van der Waals surface area contributed by atoms with Crippen LogP contribution in [-0.4, -0.2) is 34.9 Å². The monoisotopic (exact) mass is 259 g/mol. The van der Waals surface area contributed by atoms with Gasteiger partial charge in [-0.25, -0.2) is 0 Å². The summed E-state index contributed by atoms with van der Waals surface area (Å²) in [6, 6.07) is 5.99. The number of amides is 1. The Morgan fingerprint density at radius 2 is 2.26 bits per heavy atom. The lowest BCUT2D eigenvalue weighted by molar-refractivity contribution is -0.129. The smallest absolute Gasteiger partial charge is 0.228 e. The molecule has 4 heteroatoms. The van der Waals surface area contributed by atoms with E-state index in [1.165, 1.54) is 12.8 Å². The van der Waals surface area contributed by atoms with Gasteiger partial charge in [-0.3, -0.25) is 9.78 Å².